The highest BCUT2D eigenvalue weighted by atomic mass is 35.5. The van der Waals surface area contributed by atoms with Gasteiger partial charge in [0, 0.05) is 17.3 Å². The number of nitrogens with one attached hydrogen (secondary N) is 1. The molecule has 2 rings (SSSR count). The van der Waals surface area contributed by atoms with Crippen LogP contribution in [0.15, 0.2) is 47.1 Å². The van der Waals surface area contributed by atoms with Crippen LogP contribution < -0.4 is 5.32 Å². The Morgan fingerprint density at radius 3 is 2.88 bits per heavy atom. The van der Waals surface area contributed by atoms with Crippen molar-refractivity contribution in [1.29, 1.82) is 0 Å². The number of halogens is 1. The molecule has 1 aromatic heterocycles. The summed E-state index contributed by atoms with van der Waals surface area (Å²) in [5, 5.41) is 13.5. The van der Waals surface area contributed by atoms with Crippen molar-refractivity contribution in [3.05, 3.63) is 53.4 Å². The third-order valence-electron chi connectivity index (χ3n) is 2.20. The van der Waals surface area contributed by atoms with Crippen molar-refractivity contribution in [2.24, 2.45) is 0 Å². The molecule has 0 aliphatic rings. The normalized spacial score (nSPS) is 12.4. The number of hydrogen-bond donors (Lipinski definition) is 2. The zero-order chi connectivity index (χ0) is 11.4. The van der Waals surface area contributed by atoms with Gasteiger partial charge in [-0.1, -0.05) is 17.7 Å². The molecule has 1 unspecified atom stereocenters. The molecule has 0 radical (unpaired) electrons. The van der Waals surface area contributed by atoms with Crippen LogP contribution in [0.1, 0.15) is 11.9 Å². The van der Waals surface area contributed by atoms with Crippen molar-refractivity contribution in [3.63, 3.8) is 0 Å². The first-order valence-electron chi connectivity index (χ1n) is 4.96. The monoisotopic (exact) mass is 237 g/mol. The summed E-state index contributed by atoms with van der Waals surface area (Å²) >= 11 is 5.84. The zero-order valence-corrected chi connectivity index (χ0v) is 9.32. The van der Waals surface area contributed by atoms with Crippen molar-refractivity contribution in [2.45, 2.75) is 6.10 Å². The van der Waals surface area contributed by atoms with Gasteiger partial charge in [-0.15, -0.1) is 0 Å². The molecular weight excluding hydrogens is 226 g/mol. The van der Waals surface area contributed by atoms with Crippen molar-refractivity contribution >= 4 is 17.3 Å². The standard InChI is InChI=1S/C12H12ClNO2/c13-9-3-1-4-10(7-9)14-8-11(15)12-5-2-6-16-12/h1-7,11,14-15H,8H2. The largest absolute Gasteiger partial charge is 0.467 e. The molecule has 2 N–H and O–H groups in total. The van der Waals surface area contributed by atoms with Crippen LogP contribution >= 0.6 is 11.6 Å². The third-order valence-corrected chi connectivity index (χ3v) is 2.43. The molecule has 1 atom stereocenters. The number of aliphatic hydroxyl groups excluding tert-OH is 1. The quantitative estimate of drug-likeness (QED) is 0.859. The molecule has 0 bridgehead atoms. The summed E-state index contributed by atoms with van der Waals surface area (Å²) in [6.45, 7) is 0.383. The average Bonchev–Trinajstić information content (AvgIpc) is 2.79. The topological polar surface area (TPSA) is 45.4 Å². The predicted octanol–water partition coefficient (Wildman–Crippen LogP) is 3.08. The molecule has 4 heteroatoms. The van der Waals surface area contributed by atoms with Crippen molar-refractivity contribution in [1.82, 2.24) is 0 Å². The number of furan rings is 1. The SMILES string of the molecule is OC(CNc1cccc(Cl)c1)c1ccco1. The Kier molecular flexibility index (Phi) is 3.49. The van der Waals surface area contributed by atoms with Gasteiger partial charge in [-0.3, -0.25) is 0 Å². The van der Waals surface area contributed by atoms with Crippen molar-refractivity contribution in [3.8, 4) is 0 Å². The molecular formula is C12H12ClNO2. The van der Waals surface area contributed by atoms with E-state index in [-0.39, 0.29) is 0 Å². The zero-order valence-electron chi connectivity index (χ0n) is 8.56. The highest BCUT2D eigenvalue weighted by Gasteiger charge is 2.09. The van der Waals surface area contributed by atoms with E-state index >= 15 is 0 Å². The lowest BCUT2D eigenvalue weighted by Gasteiger charge is -2.10. The number of aliphatic hydroxyl groups is 1. The second-order valence-electron chi connectivity index (χ2n) is 3.42. The molecule has 2 aromatic rings. The van der Waals surface area contributed by atoms with E-state index in [0.717, 1.165) is 5.69 Å². The minimum absolute atomic E-state index is 0.383. The first-order valence-corrected chi connectivity index (χ1v) is 5.34. The Labute approximate surface area is 98.7 Å². The fraction of sp³-hybridized carbons (Fsp3) is 0.167. The highest BCUT2D eigenvalue weighted by molar-refractivity contribution is 6.30. The minimum atomic E-state index is -0.658. The number of benzene rings is 1. The molecule has 0 spiro atoms. The highest BCUT2D eigenvalue weighted by Crippen LogP contribution is 2.17. The lowest BCUT2D eigenvalue weighted by atomic mass is 10.2. The van der Waals surface area contributed by atoms with Gasteiger partial charge in [-0.05, 0) is 30.3 Å². The molecule has 1 heterocycles. The lowest BCUT2D eigenvalue weighted by molar-refractivity contribution is 0.162. The van der Waals surface area contributed by atoms with E-state index in [1.807, 2.05) is 12.1 Å². The summed E-state index contributed by atoms with van der Waals surface area (Å²) in [7, 11) is 0. The Hall–Kier alpha value is -1.45. The molecule has 0 saturated heterocycles. The van der Waals surface area contributed by atoms with Gasteiger partial charge >= 0.3 is 0 Å². The van der Waals surface area contributed by atoms with Gasteiger partial charge in [0.25, 0.3) is 0 Å². The molecule has 0 aliphatic heterocycles. The van der Waals surface area contributed by atoms with E-state index in [4.69, 9.17) is 16.0 Å². The van der Waals surface area contributed by atoms with Gasteiger partial charge in [-0.2, -0.15) is 0 Å². The fourth-order valence-corrected chi connectivity index (χ4v) is 1.58. The fourth-order valence-electron chi connectivity index (χ4n) is 1.39. The van der Waals surface area contributed by atoms with Gasteiger partial charge in [-0.25, -0.2) is 0 Å². The van der Waals surface area contributed by atoms with Crippen LogP contribution in [0.25, 0.3) is 0 Å². The maximum absolute atomic E-state index is 9.75. The van der Waals surface area contributed by atoms with Gasteiger partial charge in [0.05, 0.1) is 6.26 Å². The van der Waals surface area contributed by atoms with Gasteiger partial charge in [0.1, 0.15) is 11.9 Å². The van der Waals surface area contributed by atoms with Crippen LogP contribution in [-0.4, -0.2) is 11.7 Å². The lowest BCUT2D eigenvalue weighted by Crippen LogP contribution is -2.11. The Bertz CT molecular complexity index is 442. The van der Waals surface area contributed by atoms with Crippen molar-refractivity contribution in [2.75, 3.05) is 11.9 Å². The molecule has 16 heavy (non-hydrogen) atoms. The molecule has 84 valence electrons. The molecule has 1 aromatic carbocycles. The minimum Gasteiger partial charge on any atom is -0.467 e. The van der Waals surface area contributed by atoms with E-state index in [9.17, 15) is 5.11 Å². The van der Waals surface area contributed by atoms with Crippen LogP contribution in [0.3, 0.4) is 0 Å². The van der Waals surface area contributed by atoms with Gasteiger partial charge in [0.15, 0.2) is 0 Å². The molecule has 0 saturated carbocycles. The van der Waals surface area contributed by atoms with Crippen molar-refractivity contribution < 1.29 is 9.52 Å². The summed E-state index contributed by atoms with van der Waals surface area (Å²) in [5.74, 6) is 0.550. The second-order valence-corrected chi connectivity index (χ2v) is 3.86. The molecule has 3 nitrogen and oxygen atoms in total. The van der Waals surface area contributed by atoms with Crippen LogP contribution in [0.4, 0.5) is 5.69 Å². The van der Waals surface area contributed by atoms with E-state index < -0.39 is 6.10 Å². The van der Waals surface area contributed by atoms with Crippen LogP contribution in [0, 0.1) is 0 Å². The Morgan fingerprint density at radius 2 is 2.19 bits per heavy atom. The predicted molar refractivity (Wildman–Crippen MR) is 63.6 cm³/mol. The van der Waals surface area contributed by atoms with Crippen LogP contribution in [0.2, 0.25) is 5.02 Å². The Morgan fingerprint density at radius 1 is 1.31 bits per heavy atom. The summed E-state index contributed by atoms with van der Waals surface area (Å²) in [5.41, 5.74) is 0.873. The molecule has 0 aliphatic carbocycles. The summed E-state index contributed by atoms with van der Waals surface area (Å²) in [6, 6.07) is 10.8. The van der Waals surface area contributed by atoms with Gasteiger partial charge in [0.2, 0.25) is 0 Å². The first-order chi connectivity index (χ1) is 7.75. The smallest absolute Gasteiger partial charge is 0.134 e. The number of anilines is 1. The number of hydrogen-bond acceptors (Lipinski definition) is 3. The van der Waals surface area contributed by atoms with E-state index in [1.54, 1.807) is 24.3 Å². The average molecular weight is 238 g/mol. The maximum Gasteiger partial charge on any atom is 0.134 e. The van der Waals surface area contributed by atoms with Crippen LogP contribution in [-0.2, 0) is 0 Å². The maximum atomic E-state index is 9.75. The second kappa shape index (κ2) is 5.05. The third kappa shape index (κ3) is 2.78. The van der Waals surface area contributed by atoms with Crippen LogP contribution in [0.5, 0.6) is 0 Å². The van der Waals surface area contributed by atoms with E-state index in [2.05, 4.69) is 5.32 Å². The molecule has 0 fully saturated rings. The van der Waals surface area contributed by atoms with E-state index in [1.165, 1.54) is 6.26 Å². The summed E-state index contributed by atoms with van der Waals surface area (Å²) < 4.78 is 5.09. The summed E-state index contributed by atoms with van der Waals surface area (Å²) in [6.07, 6.45) is 0.881. The van der Waals surface area contributed by atoms with Gasteiger partial charge < -0.3 is 14.8 Å². The first kappa shape index (κ1) is 11.0. The Balaban J connectivity index is 1.92. The summed E-state index contributed by atoms with van der Waals surface area (Å²) in [4.78, 5) is 0. The number of rotatable bonds is 4. The van der Waals surface area contributed by atoms with E-state index in [0.29, 0.717) is 17.3 Å². The molecule has 0 amide bonds.